The van der Waals surface area contributed by atoms with E-state index in [1.807, 2.05) is 36.5 Å². The molecule has 0 unspecified atom stereocenters. The van der Waals surface area contributed by atoms with Gasteiger partial charge < -0.3 is 10.2 Å². The molecule has 0 bridgehead atoms. The third kappa shape index (κ3) is 2.76. The Hall–Kier alpha value is -2.17. The molecule has 116 valence electrons. The summed E-state index contributed by atoms with van der Waals surface area (Å²) in [6.07, 6.45) is 3.72. The van der Waals surface area contributed by atoms with E-state index in [0.29, 0.717) is 0 Å². The van der Waals surface area contributed by atoms with Crippen molar-refractivity contribution in [3.05, 3.63) is 53.8 Å². The molecule has 0 amide bonds. The van der Waals surface area contributed by atoms with Crippen LogP contribution in [0, 0.1) is 0 Å². The van der Waals surface area contributed by atoms with Gasteiger partial charge in [-0.2, -0.15) is 0 Å². The van der Waals surface area contributed by atoms with Gasteiger partial charge in [0.2, 0.25) is 0 Å². The van der Waals surface area contributed by atoms with Crippen molar-refractivity contribution >= 4 is 28.2 Å². The number of hydrogen-bond acceptors (Lipinski definition) is 4. The molecule has 1 saturated heterocycles. The van der Waals surface area contributed by atoms with Crippen LogP contribution >= 0.6 is 11.6 Å². The number of rotatable bonds is 2. The first-order valence-electron chi connectivity index (χ1n) is 7.78. The van der Waals surface area contributed by atoms with Crippen molar-refractivity contribution < 1.29 is 0 Å². The summed E-state index contributed by atoms with van der Waals surface area (Å²) in [4.78, 5) is 11.5. The number of anilines is 1. The van der Waals surface area contributed by atoms with Crippen LogP contribution in [0.1, 0.15) is 0 Å². The Labute approximate surface area is 140 Å². The molecular weight excluding hydrogens is 308 g/mol. The van der Waals surface area contributed by atoms with E-state index in [0.717, 1.165) is 59.0 Å². The molecule has 1 aromatic carbocycles. The number of piperazine rings is 1. The second kappa shape index (κ2) is 6.14. The van der Waals surface area contributed by atoms with Gasteiger partial charge in [0.15, 0.2) is 0 Å². The first-order chi connectivity index (χ1) is 11.3. The van der Waals surface area contributed by atoms with Gasteiger partial charge in [-0.3, -0.25) is 4.98 Å². The minimum Gasteiger partial charge on any atom is -0.354 e. The van der Waals surface area contributed by atoms with Crippen molar-refractivity contribution in [2.24, 2.45) is 0 Å². The molecule has 0 aliphatic carbocycles. The third-order valence-electron chi connectivity index (χ3n) is 4.19. The van der Waals surface area contributed by atoms with Crippen LogP contribution in [-0.2, 0) is 0 Å². The highest BCUT2D eigenvalue weighted by atomic mass is 35.5. The molecule has 2 aromatic heterocycles. The van der Waals surface area contributed by atoms with Gasteiger partial charge >= 0.3 is 0 Å². The number of aromatic nitrogens is 2. The number of hydrogen-bond donors (Lipinski definition) is 1. The highest BCUT2D eigenvalue weighted by Crippen LogP contribution is 2.34. The van der Waals surface area contributed by atoms with Crippen molar-refractivity contribution in [3.8, 4) is 11.3 Å². The summed E-state index contributed by atoms with van der Waals surface area (Å²) in [5, 5.41) is 6.33. The lowest BCUT2D eigenvalue weighted by atomic mass is 10.0. The van der Waals surface area contributed by atoms with E-state index in [4.69, 9.17) is 16.6 Å². The Morgan fingerprint density at radius 1 is 1.00 bits per heavy atom. The molecule has 0 atom stereocenters. The van der Waals surface area contributed by atoms with Crippen LogP contribution in [0.15, 0.2) is 48.8 Å². The maximum Gasteiger partial charge on any atom is 0.136 e. The molecule has 1 aliphatic rings. The van der Waals surface area contributed by atoms with E-state index in [1.165, 1.54) is 0 Å². The Kier molecular flexibility index (Phi) is 3.85. The lowest BCUT2D eigenvalue weighted by Crippen LogP contribution is -2.44. The predicted molar refractivity (Wildman–Crippen MR) is 95.1 cm³/mol. The largest absolute Gasteiger partial charge is 0.354 e. The molecule has 1 fully saturated rings. The lowest BCUT2D eigenvalue weighted by Gasteiger charge is -2.29. The van der Waals surface area contributed by atoms with Crippen LogP contribution in [-0.4, -0.2) is 36.1 Å². The first-order valence-corrected chi connectivity index (χ1v) is 8.16. The highest BCUT2D eigenvalue weighted by molar-refractivity contribution is 6.31. The normalized spacial score (nSPS) is 15.1. The van der Waals surface area contributed by atoms with Gasteiger partial charge in [0, 0.05) is 54.5 Å². The zero-order valence-electron chi connectivity index (χ0n) is 12.7. The molecule has 5 heteroatoms. The van der Waals surface area contributed by atoms with Crippen molar-refractivity contribution in [2.45, 2.75) is 0 Å². The van der Waals surface area contributed by atoms with Crippen LogP contribution in [0.2, 0.25) is 5.02 Å². The van der Waals surface area contributed by atoms with Gasteiger partial charge in [-0.15, -0.1) is 0 Å². The molecule has 4 nitrogen and oxygen atoms in total. The Morgan fingerprint density at radius 2 is 1.87 bits per heavy atom. The molecule has 3 heterocycles. The van der Waals surface area contributed by atoms with Crippen LogP contribution in [0.25, 0.3) is 22.0 Å². The summed E-state index contributed by atoms with van der Waals surface area (Å²) >= 11 is 6.25. The number of nitrogens with one attached hydrogen (secondary N) is 1. The molecule has 1 N–H and O–H groups in total. The average molecular weight is 325 g/mol. The summed E-state index contributed by atoms with van der Waals surface area (Å²) in [5.41, 5.74) is 1.93. The highest BCUT2D eigenvalue weighted by Gasteiger charge is 2.17. The van der Waals surface area contributed by atoms with Gasteiger partial charge in [-0.1, -0.05) is 17.7 Å². The van der Waals surface area contributed by atoms with E-state index in [9.17, 15) is 0 Å². The number of nitrogens with zero attached hydrogens (tertiary/aromatic N) is 3. The van der Waals surface area contributed by atoms with Crippen molar-refractivity contribution in [3.63, 3.8) is 0 Å². The van der Waals surface area contributed by atoms with Gasteiger partial charge in [0.05, 0.1) is 5.69 Å². The third-order valence-corrected chi connectivity index (χ3v) is 4.42. The van der Waals surface area contributed by atoms with Crippen molar-refractivity contribution in [1.29, 1.82) is 0 Å². The molecule has 0 radical (unpaired) electrons. The topological polar surface area (TPSA) is 41.0 Å². The van der Waals surface area contributed by atoms with Crippen molar-refractivity contribution in [2.75, 3.05) is 31.1 Å². The minimum atomic E-state index is 0.729. The summed E-state index contributed by atoms with van der Waals surface area (Å²) < 4.78 is 0. The minimum absolute atomic E-state index is 0.729. The fourth-order valence-electron chi connectivity index (χ4n) is 3.05. The van der Waals surface area contributed by atoms with Gasteiger partial charge in [0.25, 0.3) is 0 Å². The summed E-state index contributed by atoms with van der Waals surface area (Å²) in [7, 11) is 0. The average Bonchev–Trinajstić information content (AvgIpc) is 2.62. The first kappa shape index (κ1) is 14.4. The molecular formula is C18H17ClN4. The molecule has 0 saturated carbocycles. The maximum absolute atomic E-state index is 6.25. The molecule has 23 heavy (non-hydrogen) atoms. The SMILES string of the molecule is Clc1ccc2c(N3CCNCC3)ncc(-c3ccccn3)c2c1. The van der Waals surface area contributed by atoms with E-state index in [-0.39, 0.29) is 0 Å². The smallest absolute Gasteiger partial charge is 0.136 e. The summed E-state index contributed by atoms with van der Waals surface area (Å²) in [6.45, 7) is 3.90. The standard InChI is InChI=1S/C18H17ClN4/c19-13-4-5-14-15(11-13)16(17-3-1-2-6-21-17)12-22-18(14)23-9-7-20-8-10-23/h1-6,11-12,20H,7-10H2. The summed E-state index contributed by atoms with van der Waals surface area (Å²) in [5.74, 6) is 1.03. The van der Waals surface area contributed by atoms with Gasteiger partial charge in [-0.05, 0) is 35.7 Å². The quantitative estimate of drug-likeness (QED) is 0.785. The second-order valence-electron chi connectivity index (χ2n) is 5.64. The Balaban J connectivity index is 1.91. The molecule has 0 spiro atoms. The molecule has 4 rings (SSSR count). The zero-order chi connectivity index (χ0) is 15.6. The Bertz CT molecular complexity index is 829. The van der Waals surface area contributed by atoms with E-state index in [2.05, 4.69) is 21.3 Å². The number of benzene rings is 1. The fraction of sp³-hybridized carbons (Fsp3) is 0.222. The van der Waals surface area contributed by atoms with E-state index in [1.54, 1.807) is 6.20 Å². The second-order valence-corrected chi connectivity index (χ2v) is 6.07. The van der Waals surface area contributed by atoms with Gasteiger partial charge in [-0.25, -0.2) is 4.98 Å². The molecule has 3 aromatic rings. The number of fused-ring (bicyclic) bond motifs is 1. The number of pyridine rings is 2. The van der Waals surface area contributed by atoms with Crippen LogP contribution < -0.4 is 10.2 Å². The van der Waals surface area contributed by atoms with Crippen molar-refractivity contribution in [1.82, 2.24) is 15.3 Å². The Morgan fingerprint density at radius 3 is 2.65 bits per heavy atom. The predicted octanol–water partition coefficient (Wildman–Crippen LogP) is 3.36. The number of halogens is 1. The summed E-state index contributed by atoms with van der Waals surface area (Å²) in [6, 6.07) is 11.9. The van der Waals surface area contributed by atoms with Gasteiger partial charge in [0.1, 0.15) is 5.82 Å². The fourth-order valence-corrected chi connectivity index (χ4v) is 3.23. The van der Waals surface area contributed by atoms with Crippen LogP contribution in [0.3, 0.4) is 0 Å². The lowest BCUT2D eigenvalue weighted by molar-refractivity contribution is 0.586. The van der Waals surface area contributed by atoms with Crippen LogP contribution in [0.5, 0.6) is 0 Å². The van der Waals surface area contributed by atoms with E-state index < -0.39 is 0 Å². The maximum atomic E-state index is 6.25. The monoisotopic (exact) mass is 324 g/mol. The van der Waals surface area contributed by atoms with Crippen LogP contribution in [0.4, 0.5) is 5.82 Å². The molecule has 1 aliphatic heterocycles. The van der Waals surface area contributed by atoms with E-state index >= 15 is 0 Å². The zero-order valence-corrected chi connectivity index (χ0v) is 13.4.